The van der Waals surface area contributed by atoms with Crippen LogP contribution in [-0.2, 0) is 16.1 Å². The first kappa shape index (κ1) is 16.2. The molecule has 0 aliphatic heterocycles. The fourth-order valence-corrected chi connectivity index (χ4v) is 1.65. The zero-order chi connectivity index (χ0) is 15.0. The van der Waals surface area contributed by atoms with E-state index in [0.29, 0.717) is 13.1 Å². The lowest BCUT2D eigenvalue weighted by Gasteiger charge is -2.10. The molecule has 0 saturated heterocycles. The quantitative estimate of drug-likeness (QED) is 0.594. The van der Waals surface area contributed by atoms with Crippen molar-refractivity contribution in [1.29, 1.82) is 0 Å². The van der Waals surface area contributed by atoms with Crippen molar-refractivity contribution in [3.63, 3.8) is 0 Å². The van der Waals surface area contributed by atoms with E-state index in [1.807, 2.05) is 50.2 Å². The van der Waals surface area contributed by atoms with Crippen molar-refractivity contribution in [2.45, 2.75) is 19.9 Å². The maximum Gasteiger partial charge on any atom is 0.309 e. The third-order valence-corrected chi connectivity index (χ3v) is 2.85. The molecule has 0 radical (unpaired) electrons. The number of hydrogen-bond donors (Lipinski definition) is 2. The Labute approximate surface area is 120 Å². The van der Waals surface area contributed by atoms with Gasteiger partial charge < -0.3 is 15.5 Å². The minimum absolute atomic E-state index is 0.365. The van der Waals surface area contributed by atoms with Gasteiger partial charge >= 0.3 is 11.8 Å². The van der Waals surface area contributed by atoms with Crippen LogP contribution in [0, 0.1) is 6.92 Å². The predicted molar refractivity (Wildman–Crippen MR) is 79.2 cm³/mol. The molecule has 2 N–H and O–H groups in total. The summed E-state index contributed by atoms with van der Waals surface area (Å²) in [6.07, 6.45) is 0.823. The van der Waals surface area contributed by atoms with Crippen LogP contribution in [0.25, 0.3) is 0 Å². The van der Waals surface area contributed by atoms with Crippen LogP contribution in [0.15, 0.2) is 24.3 Å². The molecule has 0 spiro atoms. The van der Waals surface area contributed by atoms with Crippen LogP contribution >= 0.6 is 0 Å². The molecule has 2 amide bonds. The second-order valence-electron chi connectivity index (χ2n) is 5.08. The highest BCUT2D eigenvalue weighted by atomic mass is 16.2. The van der Waals surface area contributed by atoms with Gasteiger partial charge in [0.1, 0.15) is 0 Å². The van der Waals surface area contributed by atoms with E-state index in [9.17, 15) is 9.59 Å². The monoisotopic (exact) mass is 277 g/mol. The number of carbonyl (C=O) groups excluding carboxylic acids is 2. The van der Waals surface area contributed by atoms with Crippen LogP contribution in [0.4, 0.5) is 0 Å². The van der Waals surface area contributed by atoms with Gasteiger partial charge in [-0.3, -0.25) is 9.59 Å². The van der Waals surface area contributed by atoms with E-state index in [1.165, 1.54) is 5.56 Å². The number of nitrogens with zero attached hydrogens (tertiary/aromatic N) is 1. The van der Waals surface area contributed by atoms with Gasteiger partial charge in [-0.05, 0) is 39.5 Å². The van der Waals surface area contributed by atoms with Gasteiger partial charge in [0.05, 0.1) is 0 Å². The molecule has 0 aliphatic rings. The lowest BCUT2D eigenvalue weighted by molar-refractivity contribution is -0.139. The number of amides is 2. The Balaban J connectivity index is 2.24. The number of rotatable bonds is 6. The summed E-state index contributed by atoms with van der Waals surface area (Å²) in [6, 6.07) is 7.82. The molecule has 110 valence electrons. The van der Waals surface area contributed by atoms with Gasteiger partial charge in [-0.15, -0.1) is 0 Å². The maximum absolute atomic E-state index is 11.6. The van der Waals surface area contributed by atoms with Gasteiger partial charge in [-0.1, -0.05) is 29.8 Å². The first-order valence-electron chi connectivity index (χ1n) is 6.75. The third kappa shape index (κ3) is 6.33. The van der Waals surface area contributed by atoms with Crippen molar-refractivity contribution in [2.75, 3.05) is 27.2 Å². The number of aryl methyl sites for hydroxylation is 1. The molecular weight excluding hydrogens is 254 g/mol. The lowest BCUT2D eigenvalue weighted by atomic mass is 10.1. The van der Waals surface area contributed by atoms with E-state index < -0.39 is 11.8 Å². The van der Waals surface area contributed by atoms with E-state index >= 15 is 0 Å². The summed E-state index contributed by atoms with van der Waals surface area (Å²) in [5.74, 6) is -1.16. The summed E-state index contributed by atoms with van der Waals surface area (Å²) in [7, 11) is 3.94. The second-order valence-corrected chi connectivity index (χ2v) is 5.08. The fourth-order valence-electron chi connectivity index (χ4n) is 1.65. The standard InChI is InChI=1S/C15H23N3O2/c1-12-5-7-13(8-6-12)11-17-15(20)14(19)16-9-4-10-18(2)3/h5-8H,4,9-11H2,1-3H3,(H,16,19)(H,17,20). The van der Waals surface area contributed by atoms with E-state index in [4.69, 9.17) is 0 Å². The third-order valence-electron chi connectivity index (χ3n) is 2.85. The zero-order valence-electron chi connectivity index (χ0n) is 12.4. The Morgan fingerprint density at radius 1 is 1.05 bits per heavy atom. The van der Waals surface area contributed by atoms with Gasteiger partial charge in [-0.2, -0.15) is 0 Å². The molecule has 0 unspecified atom stereocenters. The number of carbonyl (C=O) groups is 2. The van der Waals surface area contributed by atoms with Gasteiger partial charge in [0.25, 0.3) is 0 Å². The van der Waals surface area contributed by atoms with Gasteiger partial charge in [0, 0.05) is 13.1 Å². The van der Waals surface area contributed by atoms with E-state index in [2.05, 4.69) is 10.6 Å². The number of benzene rings is 1. The average molecular weight is 277 g/mol. The van der Waals surface area contributed by atoms with Crippen molar-refractivity contribution in [1.82, 2.24) is 15.5 Å². The Kier molecular flexibility index (Phi) is 6.73. The summed E-state index contributed by atoms with van der Waals surface area (Å²) in [4.78, 5) is 25.1. The summed E-state index contributed by atoms with van der Waals surface area (Å²) < 4.78 is 0. The summed E-state index contributed by atoms with van der Waals surface area (Å²) >= 11 is 0. The zero-order valence-corrected chi connectivity index (χ0v) is 12.4. The SMILES string of the molecule is Cc1ccc(CNC(=O)C(=O)NCCCN(C)C)cc1. The van der Waals surface area contributed by atoms with Crippen LogP contribution in [0.3, 0.4) is 0 Å². The van der Waals surface area contributed by atoms with Crippen molar-refractivity contribution in [3.05, 3.63) is 35.4 Å². The molecule has 1 rings (SSSR count). The Hall–Kier alpha value is -1.88. The van der Waals surface area contributed by atoms with E-state index in [-0.39, 0.29) is 0 Å². The van der Waals surface area contributed by atoms with Crippen molar-refractivity contribution in [3.8, 4) is 0 Å². The molecule has 0 aliphatic carbocycles. The normalized spacial score (nSPS) is 10.4. The molecule has 1 aromatic rings. The molecule has 0 saturated carbocycles. The minimum Gasteiger partial charge on any atom is -0.348 e. The number of hydrogen-bond acceptors (Lipinski definition) is 3. The van der Waals surface area contributed by atoms with Crippen LogP contribution in [0.2, 0.25) is 0 Å². The first-order valence-corrected chi connectivity index (χ1v) is 6.75. The Morgan fingerprint density at radius 3 is 2.25 bits per heavy atom. The number of nitrogens with one attached hydrogen (secondary N) is 2. The van der Waals surface area contributed by atoms with Crippen molar-refractivity contribution in [2.24, 2.45) is 0 Å². The Bertz CT molecular complexity index is 441. The summed E-state index contributed by atoms with van der Waals surface area (Å²) in [5.41, 5.74) is 2.14. The molecular formula is C15H23N3O2. The molecule has 0 fully saturated rings. The first-order chi connectivity index (χ1) is 9.49. The summed E-state index contributed by atoms with van der Waals surface area (Å²) in [6.45, 7) is 3.76. The molecule has 0 bridgehead atoms. The van der Waals surface area contributed by atoms with E-state index in [1.54, 1.807) is 0 Å². The van der Waals surface area contributed by atoms with Gasteiger partial charge in [0.2, 0.25) is 0 Å². The van der Waals surface area contributed by atoms with Gasteiger partial charge in [-0.25, -0.2) is 0 Å². The van der Waals surface area contributed by atoms with Crippen molar-refractivity contribution < 1.29 is 9.59 Å². The second kappa shape index (κ2) is 8.32. The van der Waals surface area contributed by atoms with Crippen LogP contribution in [-0.4, -0.2) is 43.9 Å². The summed E-state index contributed by atoms with van der Waals surface area (Å²) in [5, 5.41) is 5.21. The lowest BCUT2D eigenvalue weighted by Crippen LogP contribution is -2.40. The van der Waals surface area contributed by atoms with Crippen LogP contribution < -0.4 is 10.6 Å². The average Bonchev–Trinajstić information content (AvgIpc) is 2.42. The van der Waals surface area contributed by atoms with Crippen LogP contribution in [0.1, 0.15) is 17.5 Å². The highest BCUT2D eigenvalue weighted by Crippen LogP contribution is 2.02. The molecule has 20 heavy (non-hydrogen) atoms. The topological polar surface area (TPSA) is 61.4 Å². The predicted octanol–water partition coefficient (Wildman–Crippen LogP) is 0.679. The molecule has 5 nitrogen and oxygen atoms in total. The maximum atomic E-state index is 11.6. The van der Waals surface area contributed by atoms with Gasteiger partial charge in [0.15, 0.2) is 0 Å². The highest BCUT2D eigenvalue weighted by Gasteiger charge is 2.11. The molecule has 0 atom stereocenters. The molecule has 1 aromatic carbocycles. The smallest absolute Gasteiger partial charge is 0.309 e. The molecule has 0 heterocycles. The molecule has 0 aromatic heterocycles. The fraction of sp³-hybridized carbons (Fsp3) is 0.467. The van der Waals surface area contributed by atoms with Crippen molar-refractivity contribution >= 4 is 11.8 Å². The Morgan fingerprint density at radius 2 is 1.65 bits per heavy atom. The largest absolute Gasteiger partial charge is 0.348 e. The van der Waals surface area contributed by atoms with E-state index in [0.717, 1.165) is 18.5 Å². The minimum atomic E-state index is -0.588. The van der Waals surface area contributed by atoms with Crippen LogP contribution in [0.5, 0.6) is 0 Å². The highest BCUT2D eigenvalue weighted by molar-refractivity contribution is 6.35. The molecule has 5 heteroatoms.